The smallest absolute Gasteiger partial charge is 0.231 e. The molecule has 2 aliphatic rings. The van der Waals surface area contributed by atoms with E-state index < -0.39 is 5.41 Å². The molecule has 4 heteroatoms. The van der Waals surface area contributed by atoms with Crippen LogP contribution in [0.25, 0.3) is 0 Å². The summed E-state index contributed by atoms with van der Waals surface area (Å²) in [6.45, 7) is 3.06. The Morgan fingerprint density at radius 1 is 0.903 bits per heavy atom. The third-order valence-corrected chi connectivity index (χ3v) is 6.60. The van der Waals surface area contributed by atoms with Crippen LogP contribution in [0, 0.1) is 17.2 Å². The molecular formula is C27H26N2O2. The topological polar surface area (TPSA) is 45.5 Å². The van der Waals surface area contributed by atoms with Gasteiger partial charge in [0.1, 0.15) is 5.41 Å². The number of nitriles is 1. The molecule has 0 radical (unpaired) electrons. The molecule has 0 bridgehead atoms. The van der Waals surface area contributed by atoms with E-state index in [1.54, 1.807) is 0 Å². The summed E-state index contributed by atoms with van der Waals surface area (Å²) in [6, 6.07) is 29.6. The number of hydrogen-bond acceptors (Lipinski definition) is 4. The Balaban J connectivity index is 1.45. The maximum absolute atomic E-state index is 10.6. The minimum atomic E-state index is -0.657. The fraction of sp³-hybridized carbons (Fsp3) is 0.296. The second kappa shape index (κ2) is 8.45. The van der Waals surface area contributed by atoms with Gasteiger partial charge in [-0.25, -0.2) is 0 Å². The highest BCUT2D eigenvalue weighted by atomic mass is 16.7. The summed E-state index contributed by atoms with van der Waals surface area (Å²) >= 11 is 0. The van der Waals surface area contributed by atoms with Crippen molar-refractivity contribution in [2.45, 2.75) is 24.8 Å². The van der Waals surface area contributed by atoms with Gasteiger partial charge in [0.25, 0.3) is 0 Å². The van der Waals surface area contributed by atoms with Gasteiger partial charge in [0.2, 0.25) is 6.79 Å². The molecule has 4 nitrogen and oxygen atoms in total. The molecule has 0 saturated carbocycles. The molecule has 1 fully saturated rings. The van der Waals surface area contributed by atoms with Crippen LogP contribution in [0.5, 0.6) is 11.5 Å². The van der Waals surface area contributed by atoms with E-state index in [1.165, 1.54) is 5.56 Å². The summed E-state index contributed by atoms with van der Waals surface area (Å²) in [5.41, 5.74) is 2.72. The van der Waals surface area contributed by atoms with Crippen molar-refractivity contribution in [3.8, 4) is 17.6 Å². The van der Waals surface area contributed by atoms with Crippen molar-refractivity contribution in [1.29, 1.82) is 5.26 Å². The first kappa shape index (κ1) is 19.7. The molecule has 0 amide bonds. The van der Waals surface area contributed by atoms with Gasteiger partial charge in [0.05, 0.1) is 6.07 Å². The Morgan fingerprint density at radius 2 is 1.58 bits per heavy atom. The molecule has 0 aromatic heterocycles. The average Bonchev–Trinajstić information content (AvgIpc) is 3.30. The summed E-state index contributed by atoms with van der Waals surface area (Å²) < 4.78 is 11.0. The van der Waals surface area contributed by atoms with Gasteiger partial charge in [-0.1, -0.05) is 66.7 Å². The van der Waals surface area contributed by atoms with Gasteiger partial charge < -0.3 is 9.47 Å². The van der Waals surface area contributed by atoms with Crippen molar-refractivity contribution in [1.82, 2.24) is 4.90 Å². The van der Waals surface area contributed by atoms with E-state index in [1.807, 2.05) is 42.5 Å². The molecule has 0 N–H and O–H groups in total. The van der Waals surface area contributed by atoms with E-state index in [4.69, 9.17) is 9.47 Å². The van der Waals surface area contributed by atoms with Crippen LogP contribution in [-0.4, -0.2) is 24.8 Å². The van der Waals surface area contributed by atoms with Gasteiger partial charge in [0.15, 0.2) is 11.5 Å². The molecule has 2 aliphatic heterocycles. The van der Waals surface area contributed by atoms with Crippen molar-refractivity contribution in [2.75, 3.05) is 19.9 Å². The first-order chi connectivity index (χ1) is 15.3. The molecule has 156 valence electrons. The minimum Gasteiger partial charge on any atom is -0.454 e. The Bertz CT molecular complexity index is 1040. The number of benzene rings is 3. The molecule has 5 rings (SSSR count). The molecule has 31 heavy (non-hydrogen) atoms. The predicted octanol–water partition coefficient (Wildman–Crippen LogP) is 5.14. The lowest BCUT2D eigenvalue weighted by Gasteiger charge is -2.42. The highest BCUT2D eigenvalue weighted by Crippen LogP contribution is 2.43. The van der Waals surface area contributed by atoms with Gasteiger partial charge in [-0.15, -0.1) is 0 Å². The lowest BCUT2D eigenvalue weighted by molar-refractivity contribution is 0.141. The van der Waals surface area contributed by atoms with Crippen LogP contribution in [0.15, 0.2) is 78.9 Å². The molecule has 0 aliphatic carbocycles. The van der Waals surface area contributed by atoms with Gasteiger partial charge >= 0.3 is 0 Å². The third-order valence-electron chi connectivity index (χ3n) is 6.60. The predicted molar refractivity (Wildman–Crippen MR) is 120 cm³/mol. The first-order valence-corrected chi connectivity index (χ1v) is 10.9. The summed E-state index contributed by atoms with van der Waals surface area (Å²) in [6.07, 6.45) is 2.12. The molecule has 1 saturated heterocycles. The standard InChI is InChI=1S/C27H26N2O2/c28-19-27(22-8-3-1-4-9-22,23-10-5-2-6-11-23)24-12-7-15-29(18-24)17-21-13-14-25-26(16-21)31-20-30-25/h1-6,8-11,13-14,16,24H,7,12,15,17-18,20H2/t24-/m0/s1. The van der Waals surface area contributed by atoms with Crippen LogP contribution in [-0.2, 0) is 12.0 Å². The Hall–Kier alpha value is -3.29. The molecular weight excluding hydrogens is 384 g/mol. The molecule has 2 heterocycles. The molecule has 1 atom stereocenters. The second-order valence-electron chi connectivity index (χ2n) is 8.41. The van der Waals surface area contributed by atoms with Gasteiger partial charge in [-0.3, -0.25) is 4.90 Å². The lowest BCUT2D eigenvalue weighted by Crippen LogP contribution is -2.45. The average molecular weight is 411 g/mol. The zero-order valence-electron chi connectivity index (χ0n) is 17.5. The highest BCUT2D eigenvalue weighted by Gasteiger charge is 2.44. The van der Waals surface area contributed by atoms with Crippen LogP contribution in [0.4, 0.5) is 0 Å². The zero-order chi connectivity index (χ0) is 21.1. The maximum atomic E-state index is 10.6. The van der Waals surface area contributed by atoms with E-state index in [0.717, 1.165) is 55.1 Å². The normalized spacial score (nSPS) is 18.5. The summed E-state index contributed by atoms with van der Waals surface area (Å²) in [4.78, 5) is 2.48. The molecule has 0 unspecified atom stereocenters. The van der Waals surface area contributed by atoms with E-state index in [9.17, 15) is 5.26 Å². The Labute approximate surface area is 183 Å². The maximum Gasteiger partial charge on any atom is 0.231 e. The first-order valence-electron chi connectivity index (χ1n) is 10.9. The Kier molecular flexibility index (Phi) is 5.36. The number of likely N-dealkylation sites (tertiary alicyclic amines) is 1. The van der Waals surface area contributed by atoms with Crippen molar-refractivity contribution < 1.29 is 9.47 Å². The fourth-order valence-corrected chi connectivity index (χ4v) is 5.11. The summed E-state index contributed by atoms with van der Waals surface area (Å²) in [5, 5.41) is 10.6. The van der Waals surface area contributed by atoms with Crippen molar-refractivity contribution >= 4 is 0 Å². The number of piperidine rings is 1. The highest BCUT2D eigenvalue weighted by molar-refractivity contribution is 5.47. The monoisotopic (exact) mass is 410 g/mol. The second-order valence-corrected chi connectivity index (χ2v) is 8.41. The molecule has 0 spiro atoms. The fourth-order valence-electron chi connectivity index (χ4n) is 5.11. The zero-order valence-corrected chi connectivity index (χ0v) is 17.5. The molecule has 3 aromatic carbocycles. The number of rotatable bonds is 5. The van der Waals surface area contributed by atoms with Crippen molar-refractivity contribution in [3.05, 3.63) is 95.6 Å². The van der Waals surface area contributed by atoms with Crippen LogP contribution in [0.1, 0.15) is 29.5 Å². The largest absolute Gasteiger partial charge is 0.454 e. The number of nitrogens with zero attached hydrogens (tertiary/aromatic N) is 2. The lowest BCUT2D eigenvalue weighted by atomic mass is 9.64. The van der Waals surface area contributed by atoms with Crippen LogP contribution in [0.3, 0.4) is 0 Å². The minimum absolute atomic E-state index is 0.213. The van der Waals surface area contributed by atoms with Crippen molar-refractivity contribution in [2.24, 2.45) is 5.92 Å². The van der Waals surface area contributed by atoms with Crippen molar-refractivity contribution in [3.63, 3.8) is 0 Å². The van der Waals surface area contributed by atoms with Gasteiger partial charge in [-0.05, 0) is 54.1 Å². The van der Waals surface area contributed by atoms with E-state index in [2.05, 4.69) is 47.4 Å². The number of fused-ring (bicyclic) bond motifs is 1. The van der Waals surface area contributed by atoms with Gasteiger partial charge in [0, 0.05) is 13.1 Å². The van der Waals surface area contributed by atoms with Crippen LogP contribution in [0.2, 0.25) is 0 Å². The van der Waals surface area contributed by atoms with E-state index in [-0.39, 0.29) is 5.92 Å². The summed E-state index contributed by atoms with van der Waals surface area (Å²) in [5.74, 6) is 1.85. The SMILES string of the molecule is N#CC(c1ccccc1)(c1ccccc1)[C@H]1CCCN(Cc2ccc3c(c2)OCO3)C1. The quantitative estimate of drug-likeness (QED) is 0.584. The number of hydrogen-bond donors (Lipinski definition) is 0. The van der Waals surface area contributed by atoms with E-state index >= 15 is 0 Å². The van der Waals surface area contributed by atoms with Crippen LogP contribution < -0.4 is 9.47 Å². The summed E-state index contributed by atoms with van der Waals surface area (Å²) in [7, 11) is 0. The number of ether oxygens (including phenoxy) is 2. The molecule has 3 aromatic rings. The van der Waals surface area contributed by atoms with Gasteiger partial charge in [-0.2, -0.15) is 5.26 Å². The van der Waals surface area contributed by atoms with Crippen LogP contribution >= 0.6 is 0 Å². The Morgan fingerprint density at radius 3 is 2.26 bits per heavy atom. The van der Waals surface area contributed by atoms with E-state index in [0.29, 0.717) is 6.79 Å². The third kappa shape index (κ3) is 3.66.